The van der Waals surface area contributed by atoms with Crippen LogP contribution in [-0.2, 0) is 4.79 Å². The number of rotatable bonds is 18. The van der Waals surface area contributed by atoms with Crippen LogP contribution in [0.2, 0.25) is 0 Å². The fourth-order valence-electron chi connectivity index (χ4n) is 3.03. The van der Waals surface area contributed by atoms with Crippen molar-refractivity contribution in [3.05, 3.63) is 12.2 Å². The third kappa shape index (κ3) is 17.9. The Hall–Kier alpha value is -0.870. The molecule has 0 aromatic heterocycles. The number of amides is 1. The van der Waals surface area contributed by atoms with Crippen molar-refractivity contribution in [2.45, 2.75) is 110 Å². The first-order chi connectivity index (χ1) is 12.6. The quantitative estimate of drug-likeness (QED) is 0.194. The molecule has 0 aliphatic rings. The summed E-state index contributed by atoms with van der Waals surface area (Å²) in [6.45, 7) is 5.22. The number of allylic oxidation sites excluding steroid dienone is 1. The topological polar surface area (TPSA) is 52.6 Å². The Kier molecular flexibility index (Phi) is 18.3. The van der Waals surface area contributed by atoms with Crippen molar-refractivity contribution in [3.63, 3.8) is 0 Å². The van der Waals surface area contributed by atoms with Gasteiger partial charge in [-0.2, -0.15) is 0 Å². The highest BCUT2D eigenvalue weighted by Crippen LogP contribution is 2.10. The molecule has 1 atom stereocenters. The van der Waals surface area contributed by atoms with Gasteiger partial charge in [-0.15, -0.1) is 0 Å². The van der Waals surface area contributed by atoms with Crippen LogP contribution in [0.1, 0.15) is 104 Å². The summed E-state index contributed by atoms with van der Waals surface area (Å²) >= 11 is 0. The van der Waals surface area contributed by atoms with Crippen molar-refractivity contribution in [2.24, 2.45) is 0 Å². The van der Waals surface area contributed by atoms with E-state index < -0.39 is 0 Å². The first-order valence-electron chi connectivity index (χ1n) is 10.9. The molecule has 0 radical (unpaired) electrons. The minimum absolute atomic E-state index is 0.136. The van der Waals surface area contributed by atoms with Gasteiger partial charge in [0.15, 0.2) is 0 Å². The predicted octanol–water partition coefficient (Wildman–Crippen LogP) is 5.37. The average Bonchev–Trinajstić information content (AvgIpc) is 2.60. The van der Waals surface area contributed by atoms with Gasteiger partial charge < -0.3 is 5.11 Å². The Morgan fingerprint density at radius 3 is 2.38 bits per heavy atom. The molecule has 0 saturated carbocycles. The van der Waals surface area contributed by atoms with E-state index >= 15 is 0 Å². The van der Waals surface area contributed by atoms with E-state index in [0.717, 1.165) is 51.5 Å². The number of hydrazine groups is 1. The molecule has 2 N–H and O–H groups in total. The van der Waals surface area contributed by atoms with Crippen LogP contribution in [0, 0.1) is 0 Å². The number of carbonyl (C=O) groups is 1. The Labute approximate surface area is 162 Å². The Balaban J connectivity index is 3.38. The third-order valence-electron chi connectivity index (χ3n) is 4.61. The van der Waals surface area contributed by atoms with Gasteiger partial charge in [0, 0.05) is 20.0 Å². The molecule has 0 heterocycles. The summed E-state index contributed by atoms with van der Waals surface area (Å²) in [4.78, 5) is 11.7. The number of nitrogens with zero attached hydrogens (tertiary/aromatic N) is 1. The molecule has 0 unspecified atom stereocenters. The summed E-state index contributed by atoms with van der Waals surface area (Å²) in [5, 5.41) is 11.8. The van der Waals surface area contributed by atoms with Gasteiger partial charge in [0.05, 0.1) is 6.10 Å². The average molecular weight is 369 g/mol. The third-order valence-corrected chi connectivity index (χ3v) is 4.61. The zero-order valence-corrected chi connectivity index (χ0v) is 17.6. The van der Waals surface area contributed by atoms with Gasteiger partial charge in [0.25, 0.3) is 0 Å². The van der Waals surface area contributed by atoms with E-state index in [4.69, 9.17) is 0 Å². The minimum Gasteiger partial charge on any atom is -0.393 e. The molecule has 0 spiro atoms. The van der Waals surface area contributed by atoms with Crippen molar-refractivity contribution in [2.75, 3.05) is 13.6 Å². The monoisotopic (exact) mass is 368 g/mol. The number of aliphatic hydroxyl groups excluding tert-OH is 1. The van der Waals surface area contributed by atoms with Crippen LogP contribution in [0.15, 0.2) is 12.2 Å². The maximum Gasteiger partial charge on any atom is 0.234 e. The molecule has 1 amide bonds. The zero-order chi connectivity index (χ0) is 19.5. The van der Waals surface area contributed by atoms with Gasteiger partial charge in [0.1, 0.15) is 0 Å². The Morgan fingerprint density at radius 1 is 0.962 bits per heavy atom. The van der Waals surface area contributed by atoms with Gasteiger partial charge >= 0.3 is 0 Å². The normalized spacial score (nSPS) is 12.8. The van der Waals surface area contributed by atoms with Crippen LogP contribution in [0.3, 0.4) is 0 Å². The second-order valence-corrected chi connectivity index (χ2v) is 7.47. The molecule has 0 bridgehead atoms. The molecule has 0 saturated heterocycles. The molecule has 4 heteroatoms. The van der Waals surface area contributed by atoms with E-state index in [1.807, 2.05) is 12.1 Å². The molecule has 4 nitrogen and oxygen atoms in total. The summed E-state index contributed by atoms with van der Waals surface area (Å²) in [6.07, 6.45) is 19.4. The van der Waals surface area contributed by atoms with Crippen LogP contribution >= 0.6 is 0 Å². The van der Waals surface area contributed by atoms with Gasteiger partial charge in [-0.3, -0.25) is 10.2 Å². The van der Waals surface area contributed by atoms with E-state index in [-0.39, 0.29) is 12.0 Å². The largest absolute Gasteiger partial charge is 0.393 e. The number of hydrogen-bond acceptors (Lipinski definition) is 3. The molecule has 26 heavy (non-hydrogen) atoms. The molecule has 0 aromatic rings. The second kappa shape index (κ2) is 18.9. The summed E-state index contributed by atoms with van der Waals surface area (Å²) in [5.74, 6) is 0.136. The van der Waals surface area contributed by atoms with Gasteiger partial charge in [-0.1, -0.05) is 70.9 Å². The fourth-order valence-corrected chi connectivity index (χ4v) is 3.03. The molecular formula is C22H44N2O2. The predicted molar refractivity (Wildman–Crippen MR) is 112 cm³/mol. The van der Waals surface area contributed by atoms with E-state index in [0.29, 0.717) is 6.42 Å². The first-order valence-corrected chi connectivity index (χ1v) is 10.9. The molecule has 0 aromatic carbocycles. The van der Waals surface area contributed by atoms with Crippen LogP contribution in [-0.4, -0.2) is 35.7 Å². The van der Waals surface area contributed by atoms with E-state index in [9.17, 15) is 9.90 Å². The number of aliphatic hydroxyl groups is 1. The number of unbranched alkanes of at least 4 members (excludes halogenated alkanes) is 8. The summed E-state index contributed by atoms with van der Waals surface area (Å²) in [7, 11) is 1.92. The lowest BCUT2D eigenvalue weighted by Crippen LogP contribution is -2.39. The summed E-state index contributed by atoms with van der Waals surface area (Å²) < 4.78 is 0. The fraction of sp³-hybridized carbons (Fsp3) is 0.864. The Morgan fingerprint density at radius 2 is 1.65 bits per heavy atom. The van der Waals surface area contributed by atoms with E-state index in [2.05, 4.69) is 31.4 Å². The SMILES string of the molecule is CCCCCC[C@@H](O)CC=CCCCCCCCC(=O)NN(C)CCC. The van der Waals surface area contributed by atoms with Gasteiger partial charge in [-0.05, 0) is 38.5 Å². The second-order valence-electron chi connectivity index (χ2n) is 7.47. The van der Waals surface area contributed by atoms with Crippen LogP contribution in [0.4, 0.5) is 0 Å². The smallest absolute Gasteiger partial charge is 0.234 e. The van der Waals surface area contributed by atoms with Crippen LogP contribution in [0.25, 0.3) is 0 Å². The van der Waals surface area contributed by atoms with Crippen molar-refractivity contribution in [3.8, 4) is 0 Å². The highest BCUT2D eigenvalue weighted by atomic mass is 16.3. The van der Waals surface area contributed by atoms with Crippen molar-refractivity contribution >= 4 is 5.91 Å². The summed E-state index contributed by atoms with van der Waals surface area (Å²) in [5.41, 5.74) is 2.90. The molecule has 0 fully saturated rings. The maximum absolute atomic E-state index is 11.7. The highest BCUT2D eigenvalue weighted by Gasteiger charge is 2.03. The van der Waals surface area contributed by atoms with Gasteiger partial charge in [0.2, 0.25) is 5.91 Å². The Bertz CT molecular complexity index is 345. The van der Waals surface area contributed by atoms with E-state index in [1.165, 1.54) is 38.5 Å². The lowest BCUT2D eigenvalue weighted by molar-refractivity contribution is -0.125. The zero-order valence-electron chi connectivity index (χ0n) is 17.6. The minimum atomic E-state index is -0.161. The lowest BCUT2D eigenvalue weighted by atomic mass is 10.1. The number of nitrogens with one attached hydrogen (secondary N) is 1. The standard InChI is InChI=1S/C22H44N2O2/c1-4-6-7-14-17-21(25)18-15-12-10-8-9-11-13-16-19-22(26)23-24(3)20-5-2/h12,15,21,25H,4-11,13-14,16-20H2,1-3H3,(H,23,26)/t21-/m1/s1. The number of hydrogen-bond donors (Lipinski definition) is 2. The number of carbonyl (C=O) groups excluding carboxylic acids is 1. The molecule has 154 valence electrons. The van der Waals surface area contributed by atoms with E-state index in [1.54, 1.807) is 0 Å². The van der Waals surface area contributed by atoms with Gasteiger partial charge in [-0.25, -0.2) is 5.01 Å². The summed E-state index contributed by atoms with van der Waals surface area (Å²) in [6, 6.07) is 0. The molecular weight excluding hydrogens is 324 g/mol. The van der Waals surface area contributed by atoms with Crippen LogP contribution in [0.5, 0.6) is 0 Å². The molecule has 0 aliphatic heterocycles. The molecule has 0 rings (SSSR count). The first kappa shape index (κ1) is 25.1. The van der Waals surface area contributed by atoms with Crippen molar-refractivity contribution < 1.29 is 9.90 Å². The lowest BCUT2D eigenvalue weighted by Gasteiger charge is -2.16. The van der Waals surface area contributed by atoms with Crippen LogP contribution < -0.4 is 5.43 Å². The maximum atomic E-state index is 11.7. The molecule has 0 aliphatic carbocycles. The van der Waals surface area contributed by atoms with Crippen molar-refractivity contribution in [1.82, 2.24) is 10.4 Å². The highest BCUT2D eigenvalue weighted by molar-refractivity contribution is 5.75. The van der Waals surface area contributed by atoms with Crippen molar-refractivity contribution in [1.29, 1.82) is 0 Å².